The number of aromatic nitrogens is 2. The Morgan fingerprint density at radius 3 is 2.62 bits per heavy atom. The van der Waals surface area contributed by atoms with Crippen molar-refractivity contribution in [2.45, 2.75) is 19.0 Å². The number of benzene rings is 1. The van der Waals surface area contributed by atoms with Crippen molar-refractivity contribution >= 4 is 16.9 Å². The highest BCUT2D eigenvalue weighted by Crippen LogP contribution is 2.21. The Labute approximate surface area is 148 Å². The molecule has 0 saturated carbocycles. The van der Waals surface area contributed by atoms with E-state index < -0.39 is 12.1 Å². The van der Waals surface area contributed by atoms with Gasteiger partial charge in [0.1, 0.15) is 12.1 Å². The number of carbonyl (C=O) groups is 1. The Hall–Kier alpha value is -2.42. The topological polar surface area (TPSA) is 75.5 Å². The Balaban J connectivity index is 0.000000298. The van der Waals surface area contributed by atoms with E-state index in [0.717, 1.165) is 23.3 Å². The molecule has 1 saturated heterocycles. The summed E-state index contributed by atoms with van der Waals surface area (Å²) in [6.45, 7) is 3.17. The molecular formula is C17H20F3N3O3. The molecule has 3 rings (SSSR count). The molecule has 6 nitrogen and oxygen atoms in total. The van der Waals surface area contributed by atoms with Crippen molar-refractivity contribution in [2.24, 2.45) is 5.92 Å². The van der Waals surface area contributed by atoms with E-state index in [1.54, 1.807) is 6.33 Å². The van der Waals surface area contributed by atoms with E-state index in [1.807, 2.05) is 24.4 Å². The average molecular weight is 371 g/mol. The quantitative estimate of drug-likeness (QED) is 0.894. The first kappa shape index (κ1) is 19.9. The standard InChI is InChI=1S/C15H19N3O.C2HF3O2/c1-18-6-4-12(5-7-18)10-19-14-3-2-13-9-16-11-17-15(13)8-14;3-2(4,5)1(6)7/h2-3,8-9,11-12H,4-7,10H2,1H3;(H,6,7). The van der Waals surface area contributed by atoms with Crippen LogP contribution in [0.1, 0.15) is 12.8 Å². The number of alkyl halides is 3. The monoisotopic (exact) mass is 371 g/mol. The molecule has 9 heteroatoms. The summed E-state index contributed by atoms with van der Waals surface area (Å²) in [6, 6.07) is 6.01. The SMILES string of the molecule is CN1CCC(COc2ccc3cncnc3c2)CC1.O=C(O)C(F)(F)F. The van der Waals surface area contributed by atoms with Gasteiger partial charge in [-0.05, 0) is 51.0 Å². The first-order chi connectivity index (χ1) is 12.3. The minimum atomic E-state index is -5.08. The molecule has 0 amide bonds. The molecular weight excluding hydrogens is 351 g/mol. The van der Waals surface area contributed by atoms with Crippen LogP contribution in [0.5, 0.6) is 5.75 Å². The van der Waals surface area contributed by atoms with Crippen LogP contribution in [0.3, 0.4) is 0 Å². The minimum Gasteiger partial charge on any atom is -0.493 e. The van der Waals surface area contributed by atoms with E-state index >= 15 is 0 Å². The molecule has 1 N–H and O–H groups in total. The van der Waals surface area contributed by atoms with Gasteiger partial charge in [-0.3, -0.25) is 0 Å². The van der Waals surface area contributed by atoms with Gasteiger partial charge in [-0.15, -0.1) is 0 Å². The van der Waals surface area contributed by atoms with Gasteiger partial charge in [0.25, 0.3) is 0 Å². The molecule has 0 unspecified atom stereocenters. The molecule has 0 aliphatic carbocycles. The molecule has 142 valence electrons. The molecule has 0 atom stereocenters. The maximum atomic E-state index is 10.6. The van der Waals surface area contributed by atoms with Gasteiger partial charge >= 0.3 is 12.1 Å². The van der Waals surface area contributed by atoms with Gasteiger partial charge in [0.05, 0.1) is 12.1 Å². The lowest BCUT2D eigenvalue weighted by molar-refractivity contribution is -0.192. The predicted octanol–water partition coefficient (Wildman–Crippen LogP) is 2.98. The number of carboxylic acid groups (broad SMARTS) is 1. The van der Waals surface area contributed by atoms with Crippen molar-refractivity contribution in [3.05, 3.63) is 30.7 Å². The molecule has 1 aliphatic rings. The summed E-state index contributed by atoms with van der Waals surface area (Å²) >= 11 is 0. The summed E-state index contributed by atoms with van der Waals surface area (Å²) < 4.78 is 37.6. The van der Waals surface area contributed by atoms with Crippen LogP contribution < -0.4 is 4.74 Å². The van der Waals surface area contributed by atoms with Gasteiger partial charge in [0.15, 0.2) is 0 Å². The lowest BCUT2D eigenvalue weighted by Gasteiger charge is -2.28. The fourth-order valence-corrected chi connectivity index (χ4v) is 2.49. The van der Waals surface area contributed by atoms with E-state index in [9.17, 15) is 13.2 Å². The second-order valence-corrected chi connectivity index (χ2v) is 6.10. The number of fused-ring (bicyclic) bond motifs is 1. The average Bonchev–Trinajstić information content (AvgIpc) is 2.61. The van der Waals surface area contributed by atoms with Crippen molar-refractivity contribution in [2.75, 3.05) is 26.7 Å². The molecule has 0 radical (unpaired) electrons. The number of aliphatic carboxylic acids is 1. The Kier molecular flexibility index (Phi) is 6.73. The van der Waals surface area contributed by atoms with Crippen LogP contribution in [0, 0.1) is 5.92 Å². The summed E-state index contributed by atoms with van der Waals surface area (Å²) in [5.41, 5.74) is 0.941. The number of ether oxygens (including phenoxy) is 1. The third kappa shape index (κ3) is 6.14. The fourth-order valence-electron chi connectivity index (χ4n) is 2.49. The molecule has 1 aromatic carbocycles. The van der Waals surface area contributed by atoms with Crippen LogP contribution in [0.4, 0.5) is 13.2 Å². The third-order valence-corrected chi connectivity index (χ3v) is 4.05. The number of piperidine rings is 1. The number of carboxylic acids is 1. The molecule has 1 aliphatic heterocycles. The zero-order chi connectivity index (χ0) is 19.2. The molecule has 0 spiro atoms. The van der Waals surface area contributed by atoms with E-state index in [0.29, 0.717) is 5.92 Å². The number of likely N-dealkylation sites (tertiary alicyclic amines) is 1. The smallest absolute Gasteiger partial charge is 0.490 e. The maximum absolute atomic E-state index is 10.6. The van der Waals surface area contributed by atoms with Crippen LogP contribution in [0.2, 0.25) is 0 Å². The van der Waals surface area contributed by atoms with Crippen molar-refractivity contribution in [1.29, 1.82) is 0 Å². The number of hydrogen-bond acceptors (Lipinski definition) is 5. The van der Waals surface area contributed by atoms with E-state index in [4.69, 9.17) is 14.6 Å². The highest BCUT2D eigenvalue weighted by molar-refractivity contribution is 5.78. The second-order valence-electron chi connectivity index (χ2n) is 6.10. The zero-order valence-corrected chi connectivity index (χ0v) is 14.2. The first-order valence-electron chi connectivity index (χ1n) is 8.07. The normalized spacial score (nSPS) is 16.0. The maximum Gasteiger partial charge on any atom is 0.490 e. The summed E-state index contributed by atoms with van der Waals surface area (Å²) in [7, 11) is 2.18. The van der Waals surface area contributed by atoms with Crippen LogP contribution in [-0.2, 0) is 4.79 Å². The lowest BCUT2D eigenvalue weighted by atomic mass is 9.98. The van der Waals surface area contributed by atoms with Gasteiger partial charge < -0.3 is 14.7 Å². The molecule has 1 fully saturated rings. The van der Waals surface area contributed by atoms with Crippen LogP contribution >= 0.6 is 0 Å². The van der Waals surface area contributed by atoms with Gasteiger partial charge in [-0.2, -0.15) is 13.2 Å². The number of halogens is 3. The first-order valence-corrected chi connectivity index (χ1v) is 8.07. The highest BCUT2D eigenvalue weighted by atomic mass is 19.4. The van der Waals surface area contributed by atoms with Gasteiger partial charge in [0, 0.05) is 17.6 Å². The third-order valence-electron chi connectivity index (χ3n) is 4.05. The van der Waals surface area contributed by atoms with Crippen molar-refractivity contribution < 1.29 is 27.8 Å². The highest BCUT2D eigenvalue weighted by Gasteiger charge is 2.38. The fraction of sp³-hybridized carbons (Fsp3) is 0.471. The Morgan fingerprint density at radius 1 is 1.35 bits per heavy atom. The largest absolute Gasteiger partial charge is 0.493 e. The van der Waals surface area contributed by atoms with Crippen LogP contribution in [-0.4, -0.2) is 58.9 Å². The van der Waals surface area contributed by atoms with E-state index in [1.165, 1.54) is 25.9 Å². The molecule has 0 bridgehead atoms. The van der Waals surface area contributed by atoms with Gasteiger partial charge in [-0.1, -0.05) is 0 Å². The Morgan fingerprint density at radius 2 is 2.00 bits per heavy atom. The summed E-state index contributed by atoms with van der Waals surface area (Å²) in [4.78, 5) is 19.5. The Bertz CT molecular complexity index is 732. The predicted molar refractivity (Wildman–Crippen MR) is 88.9 cm³/mol. The second kappa shape index (κ2) is 8.79. The zero-order valence-electron chi connectivity index (χ0n) is 14.2. The van der Waals surface area contributed by atoms with Crippen molar-refractivity contribution in [3.63, 3.8) is 0 Å². The summed E-state index contributed by atoms with van der Waals surface area (Å²) in [5.74, 6) is -1.17. The van der Waals surface area contributed by atoms with Crippen molar-refractivity contribution in [3.8, 4) is 5.75 Å². The summed E-state index contributed by atoms with van der Waals surface area (Å²) in [5, 5.41) is 8.18. The molecule has 1 aromatic heterocycles. The number of hydrogen-bond donors (Lipinski definition) is 1. The summed E-state index contributed by atoms with van der Waals surface area (Å²) in [6.07, 6.45) is 0.769. The van der Waals surface area contributed by atoms with Gasteiger partial charge in [0.2, 0.25) is 0 Å². The number of nitrogens with zero attached hydrogens (tertiary/aromatic N) is 3. The molecule has 2 aromatic rings. The van der Waals surface area contributed by atoms with E-state index in [-0.39, 0.29) is 0 Å². The molecule has 2 heterocycles. The minimum absolute atomic E-state index is 0.678. The van der Waals surface area contributed by atoms with Crippen LogP contribution in [0.25, 0.3) is 10.9 Å². The van der Waals surface area contributed by atoms with Crippen LogP contribution in [0.15, 0.2) is 30.7 Å². The van der Waals surface area contributed by atoms with Crippen molar-refractivity contribution in [1.82, 2.24) is 14.9 Å². The van der Waals surface area contributed by atoms with E-state index in [2.05, 4.69) is 21.9 Å². The molecule has 26 heavy (non-hydrogen) atoms. The number of rotatable bonds is 3. The lowest BCUT2D eigenvalue weighted by Crippen LogP contribution is -2.32. The van der Waals surface area contributed by atoms with Gasteiger partial charge in [-0.25, -0.2) is 14.8 Å².